The van der Waals surface area contributed by atoms with Gasteiger partial charge in [-0.05, 0) is 44.9 Å². The van der Waals surface area contributed by atoms with Gasteiger partial charge in [-0.1, -0.05) is 13.8 Å². The molecule has 1 saturated heterocycles. The van der Waals surface area contributed by atoms with Crippen molar-refractivity contribution in [3.63, 3.8) is 0 Å². The van der Waals surface area contributed by atoms with E-state index in [1.807, 2.05) is 0 Å². The second-order valence-corrected chi connectivity index (χ2v) is 6.25. The van der Waals surface area contributed by atoms with Crippen LogP contribution >= 0.6 is 0 Å². The van der Waals surface area contributed by atoms with Crippen LogP contribution in [0, 0.1) is 5.92 Å². The molecule has 1 aliphatic carbocycles. The highest BCUT2D eigenvalue weighted by molar-refractivity contribution is 4.92. The Bertz CT molecular complexity index is 211. The lowest BCUT2D eigenvalue weighted by Gasteiger charge is -2.21. The van der Waals surface area contributed by atoms with E-state index in [9.17, 15) is 0 Å². The van der Waals surface area contributed by atoms with E-state index in [4.69, 9.17) is 0 Å². The molecule has 2 unspecified atom stereocenters. The Kier molecular flexibility index (Phi) is 4.26. The van der Waals surface area contributed by atoms with Crippen LogP contribution in [0.1, 0.15) is 52.9 Å². The van der Waals surface area contributed by atoms with Crippen LogP contribution in [-0.4, -0.2) is 36.1 Å². The van der Waals surface area contributed by atoms with Gasteiger partial charge in [0.05, 0.1) is 0 Å². The van der Waals surface area contributed by atoms with Crippen molar-refractivity contribution in [1.29, 1.82) is 0 Å². The third kappa shape index (κ3) is 3.74. The zero-order valence-corrected chi connectivity index (χ0v) is 11.2. The van der Waals surface area contributed by atoms with Crippen LogP contribution in [0.4, 0.5) is 0 Å². The Morgan fingerprint density at radius 3 is 2.50 bits per heavy atom. The molecule has 0 amide bonds. The maximum atomic E-state index is 3.81. The van der Waals surface area contributed by atoms with Gasteiger partial charge in [0.1, 0.15) is 0 Å². The molecule has 2 atom stereocenters. The van der Waals surface area contributed by atoms with Crippen LogP contribution < -0.4 is 5.32 Å². The van der Waals surface area contributed by atoms with Crippen LogP contribution in [-0.2, 0) is 0 Å². The average molecular weight is 224 g/mol. The largest absolute Gasteiger partial charge is 0.310 e. The van der Waals surface area contributed by atoms with Crippen molar-refractivity contribution < 1.29 is 0 Å². The molecule has 0 aromatic carbocycles. The van der Waals surface area contributed by atoms with E-state index in [0.29, 0.717) is 6.04 Å². The van der Waals surface area contributed by atoms with Crippen molar-refractivity contribution in [2.24, 2.45) is 5.92 Å². The van der Waals surface area contributed by atoms with E-state index < -0.39 is 0 Å². The highest BCUT2D eigenvalue weighted by Gasteiger charge is 2.34. The minimum atomic E-state index is 0.701. The fraction of sp³-hybridized carbons (Fsp3) is 1.00. The third-order valence-corrected chi connectivity index (χ3v) is 3.98. The van der Waals surface area contributed by atoms with Gasteiger partial charge in [-0.25, -0.2) is 0 Å². The first kappa shape index (κ1) is 12.4. The molecular formula is C14H28N2. The maximum Gasteiger partial charge on any atom is 0.0209 e. The van der Waals surface area contributed by atoms with E-state index in [-0.39, 0.29) is 0 Å². The van der Waals surface area contributed by atoms with Gasteiger partial charge in [-0.2, -0.15) is 0 Å². The summed E-state index contributed by atoms with van der Waals surface area (Å²) in [6.45, 7) is 9.62. The quantitative estimate of drug-likeness (QED) is 0.746. The standard InChI is InChI=1S/C14H28N2/c1-11(2)4-5-12(3)15-13-8-9-16(10-13)14-6-7-14/h11-15H,4-10H2,1-3H3. The Balaban J connectivity index is 1.61. The number of likely N-dealkylation sites (tertiary alicyclic amines) is 1. The number of nitrogens with zero attached hydrogens (tertiary/aromatic N) is 1. The van der Waals surface area contributed by atoms with Gasteiger partial charge in [0.25, 0.3) is 0 Å². The Labute approximate surface area is 101 Å². The number of nitrogens with one attached hydrogen (secondary N) is 1. The first-order valence-corrected chi connectivity index (χ1v) is 7.15. The molecule has 16 heavy (non-hydrogen) atoms. The van der Waals surface area contributed by atoms with E-state index in [2.05, 4.69) is 31.0 Å². The van der Waals surface area contributed by atoms with Crippen LogP contribution in [0.15, 0.2) is 0 Å². The number of hydrogen-bond acceptors (Lipinski definition) is 2. The van der Waals surface area contributed by atoms with Gasteiger partial charge in [-0.3, -0.25) is 4.90 Å². The van der Waals surface area contributed by atoms with Crippen molar-refractivity contribution in [2.45, 2.75) is 71.0 Å². The molecule has 2 fully saturated rings. The lowest BCUT2D eigenvalue weighted by atomic mass is 10.0. The topological polar surface area (TPSA) is 15.3 Å². The van der Waals surface area contributed by atoms with Crippen LogP contribution in [0.3, 0.4) is 0 Å². The molecule has 2 rings (SSSR count). The summed E-state index contributed by atoms with van der Waals surface area (Å²) in [4.78, 5) is 2.69. The van der Waals surface area contributed by atoms with Gasteiger partial charge in [-0.15, -0.1) is 0 Å². The van der Waals surface area contributed by atoms with Crippen LogP contribution in [0.5, 0.6) is 0 Å². The summed E-state index contributed by atoms with van der Waals surface area (Å²) < 4.78 is 0. The van der Waals surface area contributed by atoms with Crippen molar-refractivity contribution in [3.8, 4) is 0 Å². The Hall–Kier alpha value is -0.0800. The summed E-state index contributed by atoms with van der Waals surface area (Å²) in [5.41, 5.74) is 0. The fourth-order valence-electron chi connectivity index (χ4n) is 2.76. The normalized spacial score (nSPS) is 28.9. The molecule has 0 spiro atoms. The van der Waals surface area contributed by atoms with Crippen molar-refractivity contribution >= 4 is 0 Å². The molecule has 1 heterocycles. The lowest BCUT2D eigenvalue weighted by Crippen LogP contribution is -2.39. The molecule has 0 aromatic rings. The van der Waals surface area contributed by atoms with Gasteiger partial charge in [0, 0.05) is 31.2 Å². The summed E-state index contributed by atoms with van der Waals surface area (Å²) in [6, 6.07) is 2.42. The Morgan fingerprint density at radius 2 is 1.88 bits per heavy atom. The summed E-state index contributed by atoms with van der Waals surface area (Å²) in [7, 11) is 0. The molecule has 1 N–H and O–H groups in total. The van der Waals surface area contributed by atoms with Crippen molar-refractivity contribution in [1.82, 2.24) is 10.2 Å². The zero-order chi connectivity index (χ0) is 11.5. The summed E-state index contributed by atoms with van der Waals surface area (Å²) >= 11 is 0. The van der Waals surface area contributed by atoms with Gasteiger partial charge < -0.3 is 5.32 Å². The minimum absolute atomic E-state index is 0.701. The molecule has 0 bridgehead atoms. The van der Waals surface area contributed by atoms with E-state index in [1.165, 1.54) is 45.2 Å². The highest BCUT2D eigenvalue weighted by atomic mass is 15.2. The fourth-order valence-corrected chi connectivity index (χ4v) is 2.76. The minimum Gasteiger partial charge on any atom is -0.310 e. The first-order chi connectivity index (χ1) is 7.65. The molecule has 0 aromatic heterocycles. The first-order valence-electron chi connectivity index (χ1n) is 7.15. The molecule has 2 heteroatoms. The van der Waals surface area contributed by atoms with Gasteiger partial charge >= 0.3 is 0 Å². The zero-order valence-electron chi connectivity index (χ0n) is 11.2. The van der Waals surface area contributed by atoms with Crippen LogP contribution in [0.2, 0.25) is 0 Å². The molecular weight excluding hydrogens is 196 g/mol. The predicted molar refractivity (Wildman–Crippen MR) is 69.7 cm³/mol. The molecule has 1 saturated carbocycles. The molecule has 2 nitrogen and oxygen atoms in total. The predicted octanol–water partition coefficient (Wildman–Crippen LogP) is 2.64. The van der Waals surface area contributed by atoms with Gasteiger partial charge in [0.15, 0.2) is 0 Å². The van der Waals surface area contributed by atoms with Crippen molar-refractivity contribution in [3.05, 3.63) is 0 Å². The molecule has 94 valence electrons. The molecule has 0 radical (unpaired) electrons. The van der Waals surface area contributed by atoms with E-state index in [0.717, 1.165) is 18.0 Å². The summed E-state index contributed by atoms with van der Waals surface area (Å²) in [5, 5.41) is 3.81. The molecule has 1 aliphatic heterocycles. The number of hydrogen-bond donors (Lipinski definition) is 1. The SMILES string of the molecule is CC(C)CCC(C)NC1CCN(C2CC2)C1. The third-order valence-electron chi connectivity index (χ3n) is 3.98. The lowest BCUT2D eigenvalue weighted by molar-refractivity contribution is 0.310. The monoisotopic (exact) mass is 224 g/mol. The van der Waals surface area contributed by atoms with Crippen molar-refractivity contribution in [2.75, 3.05) is 13.1 Å². The van der Waals surface area contributed by atoms with E-state index in [1.54, 1.807) is 0 Å². The number of rotatable bonds is 6. The van der Waals surface area contributed by atoms with E-state index >= 15 is 0 Å². The van der Waals surface area contributed by atoms with Gasteiger partial charge in [0.2, 0.25) is 0 Å². The molecule has 2 aliphatic rings. The summed E-state index contributed by atoms with van der Waals surface area (Å²) in [6.07, 6.45) is 6.96. The average Bonchev–Trinajstić information content (AvgIpc) is 2.98. The highest BCUT2D eigenvalue weighted by Crippen LogP contribution is 2.29. The summed E-state index contributed by atoms with van der Waals surface area (Å²) in [5.74, 6) is 0.843. The second kappa shape index (κ2) is 5.50. The Morgan fingerprint density at radius 1 is 1.12 bits per heavy atom. The second-order valence-electron chi connectivity index (χ2n) is 6.25. The smallest absolute Gasteiger partial charge is 0.0209 e. The maximum absolute atomic E-state index is 3.81. The van der Waals surface area contributed by atoms with Crippen LogP contribution in [0.25, 0.3) is 0 Å².